The summed E-state index contributed by atoms with van der Waals surface area (Å²) in [5, 5.41) is 6.53. The lowest BCUT2D eigenvalue weighted by Gasteiger charge is -2.32. The second-order valence-corrected chi connectivity index (χ2v) is 10.1. The number of likely N-dealkylation sites (tertiary alicyclic amines) is 1. The molecule has 2 aromatic heterocycles. The largest absolute Gasteiger partial charge is 0.474 e. The van der Waals surface area contributed by atoms with Gasteiger partial charge in [-0.15, -0.1) is 0 Å². The van der Waals surface area contributed by atoms with E-state index in [4.69, 9.17) is 27.9 Å². The molecule has 0 saturated carbocycles. The average Bonchev–Trinajstić information content (AvgIpc) is 2.97. The van der Waals surface area contributed by atoms with E-state index in [1.165, 1.54) is 12.3 Å². The third-order valence-electron chi connectivity index (χ3n) is 6.27. The van der Waals surface area contributed by atoms with Crippen molar-refractivity contribution in [3.05, 3.63) is 94.4 Å². The van der Waals surface area contributed by atoms with Crippen LogP contribution in [0.25, 0.3) is 6.08 Å². The summed E-state index contributed by atoms with van der Waals surface area (Å²) >= 11 is 11.8. The highest BCUT2D eigenvalue weighted by Crippen LogP contribution is 2.19. The number of hydrogen-bond donors (Lipinski definition) is 2. The molecule has 9 nitrogen and oxygen atoms in total. The molecule has 3 amide bonds. The minimum Gasteiger partial charge on any atom is -0.474 e. The van der Waals surface area contributed by atoms with Crippen LogP contribution in [0.1, 0.15) is 24.1 Å². The number of benzene rings is 1. The highest BCUT2D eigenvalue weighted by Gasteiger charge is 2.26. The van der Waals surface area contributed by atoms with Crippen LogP contribution in [0.2, 0.25) is 10.0 Å². The van der Waals surface area contributed by atoms with Gasteiger partial charge in [0, 0.05) is 67.6 Å². The fourth-order valence-electron chi connectivity index (χ4n) is 4.13. The van der Waals surface area contributed by atoms with Crippen LogP contribution in [0.3, 0.4) is 0 Å². The summed E-state index contributed by atoms with van der Waals surface area (Å²) in [7, 11) is 0. The summed E-state index contributed by atoms with van der Waals surface area (Å²) in [5.74, 6) is -0.638. The number of ether oxygens (including phenoxy) is 1. The molecule has 11 heteroatoms. The number of hydrogen-bond acceptors (Lipinski definition) is 6. The van der Waals surface area contributed by atoms with E-state index in [0.29, 0.717) is 47.6 Å². The van der Waals surface area contributed by atoms with Crippen LogP contribution in [0, 0.1) is 0 Å². The molecule has 4 rings (SSSR count). The number of rotatable bonds is 10. The smallest absolute Gasteiger partial charge is 0.244 e. The van der Waals surface area contributed by atoms with Crippen molar-refractivity contribution in [2.45, 2.75) is 31.4 Å². The fraction of sp³-hybridized carbons (Fsp3) is 0.276. The summed E-state index contributed by atoms with van der Waals surface area (Å²) in [5.41, 5.74) is 1.42. The van der Waals surface area contributed by atoms with E-state index in [1.807, 2.05) is 0 Å². The predicted octanol–water partition coefficient (Wildman–Crippen LogP) is 3.71. The number of carbonyl (C=O) groups excluding carboxylic acids is 3. The van der Waals surface area contributed by atoms with Crippen LogP contribution >= 0.6 is 23.2 Å². The molecular formula is C29H29Cl2N5O4. The Morgan fingerprint density at radius 1 is 1.00 bits per heavy atom. The van der Waals surface area contributed by atoms with E-state index < -0.39 is 17.9 Å². The highest BCUT2D eigenvalue weighted by molar-refractivity contribution is 6.30. The third-order valence-corrected chi connectivity index (χ3v) is 6.74. The van der Waals surface area contributed by atoms with Gasteiger partial charge in [0.1, 0.15) is 12.1 Å². The SMILES string of the molecule is O=C(C=Cc1ccc(Cl)cc1)N[C@@H](Cc1ccccn1)C(=O)NCC(=O)N1CCC(Oc2ccc(Cl)cn2)CC1. The summed E-state index contributed by atoms with van der Waals surface area (Å²) < 4.78 is 5.88. The third kappa shape index (κ3) is 9.07. The molecule has 3 heterocycles. The van der Waals surface area contributed by atoms with Crippen molar-refractivity contribution < 1.29 is 19.1 Å². The van der Waals surface area contributed by atoms with Gasteiger partial charge in [0.25, 0.3) is 0 Å². The van der Waals surface area contributed by atoms with Crippen LogP contribution in [0.15, 0.2) is 73.1 Å². The molecule has 1 aliphatic heterocycles. The predicted molar refractivity (Wildman–Crippen MR) is 153 cm³/mol. The molecular weight excluding hydrogens is 553 g/mol. The number of amides is 3. The molecule has 1 atom stereocenters. The lowest BCUT2D eigenvalue weighted by atomic mass is 10.1. The second kappa shape index (κ2) is 14.4. The van der Waals surface area contributed by atoms with E-state index in [2.05, 4.69) is 20.6 Å². The van der Waals surface area contributed by atoms with Crippen molar-refractivity contribution in [3.63, 3.8) is 0 Å². The topological polar surface area (TPSA) is 114 Å². The first-order chi connectivity index (χ1) is 19.4. The van der Waals surface area contributed by atoms with Crippen LogP contribution in [-0.2, 0) is 20.8 Å². The van der Waals surface area contributed by atoms with Crippen molar-refractivity contribution in [3.8, 4) is 5.88 Å². The van der Waals surface area contributed by atoms with Gasteiger partial charge >= 0.3 is 0 Å². The lowest BCUT2D eigenvalue weighted by molar-refractivity contribution is -0.135. The molecule has 1 fully saturated rings. The van der Waals surface area contributed by atoms with Gasteiger partial charge in [0.2, 0.25) is 23.6 Å². The van der Waals surface area contributed by atoms with Crippen molar-refractivity contribution in [2.75, 3.05) is 19.6 Å². The van der Waals surface area contributed by atoms with Crippen LogP contribution in [0.4, 0.5) is 0 Å². The summed E-state index contributed by atoms with van der Waals surface area (Å²) in [6.07, 6.45) is 7.50. The Labute approximate surface area is 242 Å². The van der Waals surface area contributed by atoms with Crippen molar-refractivity contribution in [2.24, 2.45) is 0 Å². The summed E-state index contributed by atoms with van der Waals surface area (Å²) in [6, 6.07) is 14.8. The van der Waals surface area contributed by atoms with Crippen molar-refractivity contribution in [1.82, 2.24) is 25.5 Å². The molecule has 0 unspecified atom stereocenters. The lowest BCUT2D eigenvalue weighted by Crippen LogP contribution is -2.51. The van der Waals surface area contributed by atoms with Crippen LogP contribution < -0.4 is 15.4 Å². The average molecular weight is 582 g/mol. The maximum atomic E-state index is 13.1. The second-order valence-electron chi connectivity index (χ2n) is 9.20. The maximum Gasteiger partial charge on any atom is 0.244 e. The first-order valence-corrected chi connectivity index (χ1v) is 13.6. The van der Waals surface area contributed by atoms with Gasteiger partial charge in [-0.2, -0.15) is 0 Å². The van der Waals surface area contributed by atoms with E-state index in [1.54, 1.807) is 71.8 Å². The molecule has 40 heavy (non-hydrogen) atoms. The first kappa shape index (κ1) is 29.0. The van der Waals surface area contributed by atoms with Gasteiger partial charge in [-0.05, 0) is 42.0 Å². The van der Waals surface area contributed by atoms with Gasteiger partial charge < -0.3 is 20.3 Å². The standard InChI is InChI=1S/C29H29Cl2N5O4/c30-21-7-4-20(5-8-21)6-10-26(37)35-25(17-23-3-1-2-14-32-23)29(39)34-19-28(38)36-15-12-24(13-16-36)40-27-11-9-22(31)18-33-27/h1-11,14,18,24-25H,12-13,15-17,19H2,(H,34,39)(H,35,37)/t25-/m0/s1. The van der Waals surface area contributed by atoms with Crippen LogP contribution in [0.5, 0.6) is 5.88 Å². The molecule has 0 aliphatic carbocycles. The number of halogens is 2. The minimum atomic E-state index is -0.920. The summed E-state index contributed by atoms with van der Waals surface area (Å²) in [6.45, 7) is 0.811. The number of piperidine rings is 1. The molecule has 2 N–H and O–H groups in total. The molecule has 0 bridgehead atoms. The number of pyridine rings is 2. The molecule has 3 aromatic rings. The minimum absolute atomic E-state index is 0.0637. The van der Waals surface area contributed by atoms with Crippen molar-refractivity contribution in [1.29, 1.82) is 0 Å². The fourth-order valence-corrected chi connectivity index (χ4v) is 4.36. The van der Waals surface area contributed by atoms with Gasteiger partial charge in [0.15, 0.2) is 0 Å². The van der Waals surface area contributed by atoms with E-state index in [0.717, 1.165) is 5.56 Å². The Morgan fingerprint density at radius 2 is 1.75 bits per heavy atom. The summed E-state index contributed by atoms with van der Waals surface area (Å²) in [4.78, 5) is 48.6. The van der Waals surface area contributed by atoms with Gasteiger partial charge in [0.05, 0.1) is 11.6 Å². The van der Waals surface area contributed by atoms with Gasteiger partial charge in [-0.1, -0.05) is 41.4 Å². The first-order valence-electron chi connectivity index (χ1n) is 12.8. The Hall–Kier alpha value is -3.95. The van der Waals surface area contributed by atoms with Gasteiger partial charge in [-0.3, -0.25) is 19.4 Å². The zero-order valence-corrected chi connectivity index (χ0v) is 23.1. The van der Waals surface area contributed by atoms with Crippen LogP contribution in [-0.4, -0.2) is 64.4 Å². The molecule has 1 aromatic carbocycles. The zero-order valence-electron chi connectivity index (χ0n) is 21.6. The highest BCUT2D eigenvalue weighted by atomic mass is 35.5. The Morgan fingerprint density at radius 3 is 2.42 bits per heavy atom. The van der Waals surface area contributed by atoms with E-state index >= 15 is 0 Å². The monoisotopic (exact) mass is 581 g/mol. The number of nitrogens with one attached hydrogen (secondary N) is 2. The molecule has 1 saturated heterocycles. The molecule has 0 spiro atoms. The Kier molecular flexibility index (Phi) is 10.5. The molecule has 1 aliphatic rings. The van der Waals surface area contributed by atoms with E-state index in [9.17, 15) is 14.4 Å². The zero-order chi connectivity index (χ0) is 28.3. The quantitative estimate of drug-likeness (QED) is 0.353. The number of aromatic nitrogens is 2. The Balaban J connectivity index is 1.28. The van der Waals surface area contributed by atoms with Crippen molar-refractivity contribution >= 4 is 47.0 Å². The maximum absolute atomic E-state index is 13.1. The van der Waals surface area contributed by atoms with E-state index in [-0.39, 0.29) is 25.0 Å². The normalized spacial score (nSPS) is 14.5. The Bertz CT molecular complexity index is 1310. The number of nitrogens with zero attached hydrogens (tertiary/aromatic N) is 3. The number of carbonyl (C=O) groups is 3. The van der Waals surface area contributed by atoms with Gasteiger partial charge in [-0.25, -0.2) is 4.98 Å². The molecule has 0 radical (unpaired) electrons. The molecule has 208 valence electrons.